The van der Waals surface area contributed by atoms with Crippen molar-refractivity contribution < 1.29 is 19.1 Å². The van der Waals surface area contributed by atoms with Gasteiger partial charge in [-0.1, -0.05) is 49.4 Å². The van der Waals surface area contributed by atoms with Crippen LogP contribution >= 0.6 is 11.3 Å². The number of amides is 2. The lowest BCUT2D eigenvalue weighted by atomic mass is 10.1. The van der Waals surface area contributed by atoms with Crippen LogP contribution in [0.4, 0.5) is 11.4 Å². The van der Waals surface area contributed by atoms with E-state index in [0.717, 1.165) is 21.8 Å². The van der Waals surface area contributed by atoms with E-state index in [9.17, 15) is 9.59 Å². The van der Waals surface area contributed by atoms with Crippen LogP contribution in [-0.4, -0.2) is 36.6 Å². The summed E-state index contributed by atoms with van der Waals surface area (Å²) in [6.45, 7) is 1.73. The summed E-state index contributed by atoms with van der Waals surface area (Å²) < 4.78 is 11.3. The molecule has 1 aliphatic rings. The SMILES string of the molecule is CCC1Oc2ccc(-c3csc(-c4ccccc4)n3)cc2N(CC(=O)Nc2ccccc2OC)C1=O. The number of nitrogens with zero attached hydrogens (tertiary/aromatic N) is 2. The number of hydrogen-bond donors (Lipinski definition) is 1. The zero-order valence-corrected chi connectivity index (χ0v) is 20.7. The Morgan fingerprint density at radius 3 is 2.64 bits per heavy atom. The van der Waals surface area contributed by atoms with E-state index in [4.69, 9.17) is 14.5 Å². The highest BCUT2D eigenvalue weighted by Gasteiger charge is 2.35. The van der Waals surface area contributed by atoms with Gasteiger partial charge in [-0.3, -0.25) is 14.5 Å². The smallest absolute Gasteiger partial charge is 0.268 e. The minimum atomic E-state index is -0.647. The van der Waals surface area contributed by atoms with Gasteiger partial charge in [0, 0.05) is 16.5 Å². The van der Waals surface area contributed by atoms with Gasteiger partial charge in [-0.2, -0.15) is 0 Å². The summed E-state index contributed by atoms with van der Waals surface area (Å²) in [4.78, 5) is 32.5. The van der Waals surface area contributed by atoms with Crippen molar-refractivity contribution in [2.45, 2.75) is 19.4 Å². The fraction of sp³-hybridized carbons (Fsp3) is 0.179. The maximum atomic E-state index is 13.2. The summed E-state index contributed by atoms with van der Waals surface area (Å²) in [6, 6.07) is 22.8. The first-order valence-corrected chi connectivity index (χ1v) is 12.5. The Kier molecular flexibility index (Phi) is 6.69. The van der Waals surface area contributed by atoms with E-state index in [1.165, 1.54) is 4.90 Å². The first-order chi connectivity index (χ1) is 17.6. The first kappa shape index (κ1) is 23.6. The molecular weight excluding hydrogens is 474 g/mol. The van der Waals surface area contributed by atoms with Gasteiger partial charge in [0.25, 0.3) is 5.91 Å². The molecule has 1 unspecified atom stereocenters. The lowest BCUT2D eigenvalue weighted by Crippen LogP contribution is -2.48. The van der Waals surface area contributed by atoms with Crippen molar-refractivity contribution >= 4 is 34.5 Å². The van der Waals surface area contributed by atoms with Crippen LogP contribution in [0.1, 0.15) is 13.3 Å². The van der Waals surface area contributed by atoms with Gasteiger partial charge in [-0.05, 0) is 36.8 Å². The molecule has 0 bridgehead atoms. The van der Waals surface area contributed by atoms with Crippen LogP contribution in [0.5, 0.6) is 11.5 Å². The van der Waals surface area contributed by atoms with Gasteiger partial charge >= 0.3 is 0 Å². The molecule has 1 aliphatic heterocycles. The molecule has 8 heteroatoms. The molecule has 0 aliphatic carbocycles. The maximum absolute atomic E-state index is 13.2. The summed E-state index contributed by atoms with van der Waals surface area (Å²) in [7, 11) is 1.54. The molecule has 2 heterocycles. The molecule has 36 heavy (non-hydrogen) atoms. The molecule has 0 radical (unpaired) electrons. The zero-order valence-electron chi connectivity index (χ0n) is 19.9. The van der Waals surface area contributed by atoms with Crippen LogP contribution in [0.15, 0.2) is 78.2 Å². The maximum Gasteiger partial charge on any atom is 0.268 e. The van der Waals surface area contributed by atoms with Crippen LogP contribution in [0, 0.1) is 0 Å². The largest absolute Gasteiger partial charge is 0.495 e. The standard InChI is InChI=1S/C28H25N3O4S/c1-3-23-28(33)31(16-26(32)29-20-11-7-8-12-24(20)34-2)22-15-19(13-14-25(22)35-23)21-17-36-27(30-21)18-9-5-4-6-10-18/h4-15,17,23H,3,16H2,1-2H3,(H,29,32). The fourth-order valence-electron chi connectivity index (χ4n) is 4.11. The minimum absolute atomic E-state index is 0.153. The van der Waals surface area contributed by atoms with Crippen molar-refractivity contribution in [3.05, 3.63) is 78.2 Å². The second-order valence-electron chi connectivity index (χ2n) is 8.27. The summed E-state index contributed by atoms with van der Waals surface area (Å²) >= 11 is 1.56. The van der Waals surface area contributed by atoms with Gasteiger partial charge in [0.2, 0.25) is 5.91 Å². The summed E-state index contributed by atoms with van der Waals surface area (Å²) in [5.74, 6) is 0.529. The normalized spacial score (nSPS) is 14.7. The van der Waals surface area contributed by atoms with E-state index in [1.807, 2.05) is 73.0 Å². The lowest BCUT2D eigenvalue weighted by molar-refractivity contribution is -0.128. The number of nitrogens with one attached hydrogen (secondary N) is 1. The number of ether oxygens (including phenoxy) is 2. The molecule has 1 N–H and O–H groups in total. The quantitative estimate of drug-likeness (QED) is 0.357. The molecule has 3 aromatic carbocycles. The molecule has 0 saturated carbocycles. The number of aromatic nitrogens is 1. The van der Waals surface area contributed by atoms with Crippen molar-refractivity contribution in [1.29, 1.82) is 0 Å². The summed E-state index contributed by atoms with van der Waals surface area (Å²) in [5.41, 5.74) is 3.78. The zero-order chi connectivity index (χ0) is 25.1. The number of thiazole rings is 1. The molecule has 1 atom stereocenters. The molecule has 0 spiro atoms. The Balaban J connectivity index is 1.44. The second-order valence-corrected chi connectivity index (χ2v) is 9.13. The molecule has 7 nitrogen and oxygen atoms in total. The average molecular weight is 500 g/mol. The Hall–Kier alpha value is -4.17. The number of fused-ring (bicyclic) bond motifs is 1. The van der Waals surface area contributed by atoms with Crippen molar-refractivity contribution in [1.82, 2.24) is 4.98 Å². The van der Waals surface area contributed by atoms with E-state index in [1.54, 1.807) is 30.6 Å². The van der Waals surface area contributed by atoms with Crippen LogP contribution in [0.3, 0.4) is 0 Å². The highest BCUT2D eigenvalue weighted by atomic mass is 32.1. The molecular formula is C28H25N3O4S. The van der Waals surface area contributed by atoms with E-state index >= 15 is 0 Å². The van der Waals surface area contributed by atoms with Crippen LogP contribution in [-0.2, 0) is 9.59 Å². The van der Waals surface area contributed by atoms with Crippen LogP contribution in [0.25, 0.3) is 21.8 Å². The van der Waals surface area contributed by atoms with Crippen molar-refractivity contribution in [2.75, 3.05) is 23.9 Å². The van der Waals surface area contributed by atoms with Gasteiger partial charge in [0.1, 0.15) is 23.1 Å². The number of anilines is 2. The topological polar surface area (TPSA) is 80.8 Å². The van der Waals surface area contributed by atoms with Crippen LogP contribution in [0.2, 0.25) is 0 Å². The Morgan fingerprint density at radius 2 is 1.86 bits per heavy atom. The number of hydrogen-bond acceptors (Lipinski definition) is 6. The Labute approximate surface area is 213 Å². The van der Waals surface area contributed by atoms with E-state index in [0.29, 0.717) is 29.3 Å². The third kappa shape index (κ3) is 4.67. The number of carbonyl (C=O) groups is 2. The van der Waals surface area contributed by atoms with Gasteiger partial charge in [-0.15, -0.1) is 11.3 Å². The Bertz CT molecular complexity index is 1400. The van der Waals surface area contributed by atoms with Crippen molar-refractivity contribution in [2.24, 2.45) is 0 Å². The number of methoxy groups -OCH3 is 1. The molecule has 182 valence electrons. The highest BCUT2D eigenvalue weighted by Crippen LogP contribution is 2.39. The van der Waals surface area contributed by atoms with E-state index < -0.39 is 6.10 Å². The third-order valence-corrected chi connectivity index (χ3v) is 6.83. The summed E-state index contributed by atoms with van der Waals surface area (Å²) in [6.07, 6.45) is -0.150. The number of para-hydroxylation sites is 2. The number of benzene rings is 3. The molecule has 0 saturated heterocycles. The second kappa shape index (κ2) is 10.2. The average Bonchev–Trinajstić information content (AvgIpc) is 3.41. The lowest BCUT2D eigenvalue weighted by Gasteiger charge is -2.34. The highest BCUT2D eigenvalue weighted by molar-refractivity contribution is 7.13. The monoisotopic (exact) mass is 499 g/mol. The van der Waals surface area contributed by atoms with Crippen molar-refractivity contribution in [3.63, 3.8) is 0 Å². The molecule has 2 amide bonds. The predicted molar refractivity (Wildman–Crippen MR) is 142 cm³/mol. The predicted octanol–water partition coefficient (Wildman–Crippen LogP) is 5.63. The van der Waals surface area contributed by atoms with Gasteiger partial charge in [-0.25, -0.2) is 4.98 Å². The Morgan fingerprint density at radius 1 is 1.08 bits per heavy atom. The summed E-state index contributed by atoms with van der Waals surface area (Å²) in [5, 5.41) is 5.75. The molecule has 4 aromatic rings. The van der Waals surface area contributed by atoms with Gasteiger partial charge < -0.3 is 14.8 Å². The van der Waals surface area contributed by atoms with E-state index in [2.05, 4.69) is 5.32 Å². The molecule has 0 fully saturated rings. The first-order valence-electron chi connectivity index (χ1n) is 11.6. The van der Waals surface area contributed by atoms with Crippen molar-refractivity contribution in [3.8, 4) is 33.3 Å². The van der Waals surface area contributed by atoms with Crippen LogP contribution < -0.4 is 19.7 Å². The third-order valence-electron chi connectivity index (χ3n) is 5.93. The minimum Gasteiger partial charge on any atom is -0.495 e. The number of carbonyl (C=O) groups excluding carboxylic acids is 2. The van der Waals surface area contributed by atoms with Gasteiger partial charge in [0.05, 0.1) is 24.2 Å². The molecule has 1 aromatic heterocycles. The fourth-order valence-corrected chi connectivity index (χ4v) is 4.94. The molecule has 5 rings (SSSR count). The number of rotatable bonds is 7. The van der Waals surface area contributed by atoms with Gasteiger partial charge in [0.15, 0.2) is 6.10 Å². The van der Waals surface area contributed by atoms with E-state index in [-0.39, 0.29) is 18.4 Å².